The van der Waals surface area contributed by atoms with E-state index in [4.69, 9.17) is 5.73 Å². The minimum atomic E-state index is -0.497. The number of piperazine rings is 1. The Labute approximate surface area is 128 Å². The fraction of sp³-hybridized carbons (Fsp3) is 0.938. The number of carbonyl (C=O) groups is 1. The molecule has 3 rings (SSSR count). The van der Waals surface area contributed by atoms with Crippen LogP contribution in [0.1, 0.15) is 39.5 Å². The minimum absolute atomic E-state index is 0.184. The van der Waals surface area contributed by atoms with Crippen molar-refractivity contribution in [1.29, 1.82) is 0 Å². The zero-order valence-electron chi connectivity index (χ0n) is 13.6. The molecule has 2 atom stereocenters. The van der Waals surface area contributed by atoms with Crippen molar-refractivity contribution >= 4 is 5.91 Å². The van der Waals surface area contributed by atoms with Crippen LogP contribution in [0.2, 0.25) is 0 Å². The number of carbonyl (C=O) groups excluding carboxylic acids is 1. The molecular weight excluding hydrogens is 264 g/mol. The summed E-state index contributed by atoms with van der Waals surface area (Å²) in [5.41, 5.74) is 5.52. The lowest BCUT2D eigenvalue weighted by Gasteiger charge is -2.37. The van der Waals surface area contributed by atoms with Gasteiger partial charge in [-0.3, -0.25) is 14.6 Å². The minimum Gasteiger partial charge on any atom is -0.339 e. The second-order valence-corrected chi connectivity index (χ2v) is 7.30. The molecule has 0 spiro atoms. The van der Waals surface area contributed by atoms with Gasteiger partial charge in [-0.1, -0.05) is 0 Å². The largest absolute Gasteiger partial charge is 0.339 e. The summed E-state index contributed by atoms with van der Waals surface area (Å²) < 4.78 is 0. The van der Waals surface area contributed by atoms with Crippen LogP contribution in [0.3, 0.4) is 0 Å². The van der Waals surface area contributed by atoms with Gasteiger partial charge in [0.1, 0.15) is 0 Å². The number of likely N-dealkylation sites (tertiary alicyclic amines) is 1. The van der Waals surface area contributed by atoms with E-state index in [1.807, 2.05) is 4.90 Å². The highest BCUT2D eigenvalue weighted by Crippen LogP contribution is 2.34. The fourth-order valence-electron chi connectivity index (χ4n) is 3.78. The van der Waals surface area contributed by atoms with Crippen molar-refractivity contribution in [1.82, 2.24) is 14.7 Å². The van der Waals surface area contributed by atoms with Gasteiger partial charge >= 0.3 is 0 Å². The molecule has 0 bridgehead atoms. The molecule has 5 heteroatoms. The predicted molar refractivity (Wildman–Crippen MR) is 84.0 cm³/mol. The Hall–Kier alpha value is -0.650. The normalized spacial score (nSPS) is 33.4. The zero-order valence-corrected chi connectivity index (χ0v) is 13.6. The molecule has 0 radical (unpaired) electrons. The van der Waals surface area contributed by atoms with E-state index < -0.39 is 5.54 Å². The Morgan fingerprint density at radius 2 is 1.62 bits per heavy atom. The molecule has 3 fully saturated rings. The molecule has 3 aliphatic rings. The molecule has 0 aromatic carbocycles. The molecule has 2 saturated heterocycles. The first-order valence-electron chi connectivity index (χ1n) is 8.56. The summed E-state index contributed by atoms with van der Waals surface area (Å²) in [5, 5.41) is 0. The molecule has 2 heterocycles. The summed E-state index contributed by atoms with van der Waals surface area (Å²) in [6, 6.07) is 1.46. The SMILES string of the molecule is CC1CCC(C)N1CCN1CCN(C(=O)C2(N)CC2)CC1. The van der Waals surface area contributed by atoms with E-state index in [1.165, 1.54) is 12.8 Å². The summed E-state index contributed by atoms with van der Waals surface area (Å²) in [5.74, 6) is 0.184. The van der Waals surface area contributed by atoms with Gasteiger partial charge in [0.25, 0.3) is 0 Å². The number of hydrogen-bond acceptors (Lipinski definition) is 4. The highest BCUT2D eigenvalue weighted by atomic mass is 16.2. The van der Waals surface area contributed by atoms with E-state index in [-0.39, 0.29) is 5.91 Å². The monoisotopic (exact) mass is 294 g/mol. The Balaban J connectivity index is 1.41. The molecule has 21 heavy (non-hydrogen) atoms. The number of hydrogen-bond donors (Lipinski definition) is 1. The van der Waals surface area contributed by atoms with Crippen LogP contribution in [-0.4, -0.2) is 77.5 Å². The van der Waals surface area contributed by atoms with Gasteiger partial charge in [-0.15, -0.1) is 0 Å². The molecular formula is C16H30N4O. The topological polar surface area (TPSA) is 52.8 Å². The number of nitrogens with zero attached hydrogens (tertiary/aromatic N) is 3. The van der Waals surface area contributed by atoms with Crippen LogP contribution in [0.5, 0.6) is 0 Å². The quantitative estimate of drug-likeness (QED) is 0.820. The number of rotatable bonds is 4. The maximum absolute atomic E-state index is 12.2. The van der Waals surface area contributed by atoms with Gasteiger partial charge in [0.15, 0.2) is 0 Å². The van der Waals surface area contributed by atoms with Crippen molar-refractivity contribution in [3.8, 4) is 0 Å². The lowest BCUT2D eigenvalue weighted by molar-refractivity contribution is -0.135. The highest BCUT2D eigenvalue weighted by molar-refractivity contribution is 5.89. The highest BCUT2D eigenvalue weighted by Gasteiger charge is 2.48. The van der Waals surface area contributed by atoms with Crippen LogP contribution in [0, 0.1) is 0 Å². The van der Waals surface area contributed by atoms with Crippen LogP contribution in [0.25, 0.3) is 0 Å². The molecule has 120 valence electrons. The lowest BCUT2D eigenvalue weighted by Crippen LogP contribution is -2.55. The lowest BCUT2D eigenvalue weighted by atomic mass is 10.2. The maximum atomic E-state index is 12.2. The molecule has 1 saturated carbocycles. The standard InChI is InChI=1S/C16H30N4O/c1-13-3-4-14(2)20(13)12-9-18-7-10-19(11-8-18)15(21)16(17)5-6-16/h13-14H,3-12,17H2,1-2H3. The van der Waals surface area contributed by atoms with E-state index in [2.05, 4.69) is 23.6 Å². The first-order valence-corrected chi connectivity index (χ1v) is 8.56. The van der Waals surface area contributed by atoms with Crippen LogP contribution >= 0.6 is 0 Å². The van der Waals surface area contributed by atoms with Gasteiger partial charge in [-0.2, -0.15) is 0 Å². The van der Waals surface area contributed by atoms with E-state index in [0.717, 1.165) is 64.2 Å². The molecule has 0 aromatic rings. The summed E-state index contributed by atoms with van der Waals surface area (Å²) in [7, 11) is 0. The molecule has 2 unspecified atom stereocenters. The number of nitrogens with two attached hydrogens (primary N) is 1. The average Bonchev–Trinajstić information content (AvgIpc) is 3.16. The first-order chi connectivity index (χ1) is 9.99. The second-order valence-electron chi connectivity index (χ2n) is 7.30. The van der Waals surface area contributed by atoms with Crippen LogP contribution in [0.4, 0.5) is 0 Å². The molecule has 1 amide bonds. The van der Waals surface area contributed by atoms with Crippen LogP contribution in [0.15, 0.2) is 0 Å². The van der Waals surface area contributed by atoms with Gasteiger partial charge in [0.2, 0.25) is 5.91 Å². The molecule has 2 aliphatic heterocycles. The van der Waals surface area contributed by atoms with Gasteiger partial charge < -0.3 is 10.6 Å². The third kappa shape index (κ3) is 3.25. The van der Waals surface area contributed by atoms with Crippen molar-refractivity contribution in [2.24, 2.45) is 5.73 Å². The summed E-state index contributed by atoms with van der Waals surface area (Å²) in [6.07, 6.45) is 4.41. The smallest absolute Gasteiger partial charge is 0.242 e. The number of amides is 1. The first kappa shape index (κ1) is 15.3. The Kier molecular flexibility index (Phi) is 4.26. The van der Waals surface area contributed by atoms with Crippen LogP contribution in [-0.2, 0) is 4.79 Å². The third-order valence-corrected chi connectivity index (χ3v) is 5.68. The van der Waals surface area contributed by atoms with E-state index in [1.54, 1.807) is 0 Å². The molecule has 0 aromatic heterocycles. The third-order valence-electron chi connectivity index (χ3n) is 5.68. The predicted octanol–water partition coefficient (Wildman–Crippen LogP) is 0.495. The van der Waals surface area contributed by atoms with Crippen LogP contribution < -0.4 is 5.73 Å². The van der Waals surface area contributed by atoms with Gasteiger partial charge in [0.05, 0.1) is 5.54 Å². The van der Waals surface area contributed by atoms with E-state index in [9.17, 15) is 4.79 Å². The van der Waals surface area contributed by atoms with Crippen molar-refractivity contribution in [2.75, 3.05) is 39.3 Å². The fourth-order valence-corrected chi connectivity index (χ4v) is 3.78. The Bertz CT molecular complexity index is 378. The molecule has 2 N–H and O–H groups in total. The van der Waals surface area contributed by atoms with E-state index >= 15 is 0 Å². The summed E-state index contributed by atoms with van der Waals surface area (Å²) in [4.78, 5) is 19.3. The zero-order chi connectivity index (χ0) is 15.0. The van der Waals surface area contributed by atoms with Crippen molar-refractivity contribution in [2.45, 2.75) is 57.2 Å². The van der Waals surface area contributed by atoms with Gasteiger partial charge in [-0.05, 0) is 39.5 Å². The van der Waals surface area contributed by atoms with Crippen molar-refractivity contribution in [3.05, 3.63) is 0 Å². The Morgan fingerprint density at radius 3 is 2.14 bits per heavy atom. The van der Waals surface area contributed by atoms with Gasteiger partial charge in [-0.25, -0.2) is 0 Å². The van der Waals surface area contributed by atoms with Crippen molar-refractivity contribution in [3.63, 3.8) is 0 Å². The summed E-state index contributed by atoms with van der Waals surface area (Å²) >= 11 is 0. The Morgan fingerprint density at radius 1 is 1.05 bits per heavy atom. The van der Waals surface area contributed by atoms with Crippen molar-refractivity contribution < 1.29 is 4.79 Å². The van der Waals surface area contributed by atoms with E-state index in [0.29, 0.717) is 0 Å². The van der Waals surface area contributed by atoms with Gasteiger partial charge in [0, 0.05) is 51.4 Å². The second kappa shape index (κ2) is 5.86. The molecule has 5 nitrogen and oxygen atoms in total. The molecule has 1 aliphatic carbocycles. The average molecular weight is 294 g/mol. The summed E-state index contributed by atoms with van der Waals surface area (Å²) in [6.45, 7) is 10.7. The maximum Gasteiger partial charge on any atom is 0.242 e.